The van der Waals surface area contributed by atoms with Crippen molar-refractivity contribution in [3.63, 3.8) is 0 Å². The minimum Gasteiger partial charge on any atom is -0.332 e. The van der Waals surface area contributed by atoms with Gasteiger partial charge in [0.1, 0.15) is 0 Å². The molecule has 9 rings (SSSR count). The van der Waals surface area contributed by atoms with Crippen LogP contribution in [0.2, 0.25) is 0 Å². The Labute approximate surface area is 331 Å². The van der Waals surface area contributed by atoms with Crippen molar-refractivity contribution in [3.05, 3.63) is 187 Å². The zero-order valence-corrected chi connectivity index (χ0v) is 32.5. The summed E-state index contributed by atoms with van der Waals surface area (Å²) in [5.41, 5.74) is 11.0. The molecule has 261 valence electrons. The van der Waals surface area contributed by atoms with Gasteiger partial charge in [0.15, 0.2) is 0 Å². The molecule has 0 bridgehead atoms. The van der Waals surface area contributed by atoms with Crippen LogP contribution in [0.1, 0.15) is 22.2 Å². The van der Waals surface area contributed by atoms with Gasteiger partial charge in [-0.2, -0.15) is 0 Å². The van der Waals surface area contributed by atoms with E-state index in [-0.39, 0.29) is 26.0 Å². The topological polar surface area (TPSA) is 30.7 Å². The van der Waals surface area contributed by atoms with E-state index in [4.69, 9.17) is 7.73 Å². The number of fused-ring (bicyclic) bond motifs is 2. The maximum Gasteiger partial charge on any atom is 0.0774 e. The molecule has 53 heavy (non-hydrogen) atoms. The Hall–Kier alpha value is -5.45. The standard InChI is InChI=1S/C37H29N2S.C11H8N.Ir/c1-25(2)22-26-20-21-35-31(23-26)32(24-40-35)37-38-33-18-9-10-19-34(33)39(37)36-29(27-12-5-3-6-13-27)16-11-17-30(36)28-14-7-4-8-15-28;1-2-6-10(7-3-1)11-8-4-5-9-12-11;/h3-21,23,25H,22H2,1-2H3;1-6,8-9H;/q2*-1;/i22D2;;. The van der Waals surface area contributed by atoms with Crippen LogP contribution in [0.25, 0.3) is 71.7 Å². The van der Waals surface area contributed by atoms with Gasteiger partial charge in [-0.25, -0.2) is 0 Å². The van der Waals surface area contributed by atoms with E-state index in [1.807, 2.05) is 92.7 Å². The van der Waals surface area contributed by atoms with E-state index in [1.54, 1.807) is 17.5 Å². The van der Waals surface area contributed by atoms with E-state index in [9.17, 15) is 0 Å². The van der Waals surface area contributed by atoms with E-state index in [0.29, 0.717) is 5.56 Å². The summed E-state index contributed by atoms with van der Waals surface area (Å²) in [5, 5.41) is 4.53. The van der Waals surface area contributed by atoms with Crippen molar-refractivity contribution in [2.45, 2.75) is 20.2 Å². The summed E-state index contributed by atoms with van der Waals surface area (Å²) < 4.78 is 20.9. The zero-order valence-electron chi connectivity index (χ0n) is 31.3. The van der Waals surface area contributed by atoms with E-state index < -0.39 is 6.37 Å². The van der Waals surface area contributed by atoms with Gasteiger partial charge in [0, 0.05) is 40.2 Å². The second kappa shape index (κ2) is 16.5. The molecule has 0 saturated carbocycles. The third-order valence-electron chi connectivity index (χ3n) is 8.83. The predicted octanol–water partition coefficient (Wildman–Crippen LogP) is 12.8. The van der Waals surface area contributed by atoms with Crippen molar-refractivity contribution in [1.82, 2.24) is 14.5 Å². The minimum atomic E-state index is -1.45. The summed E-state index contributed by atoms with van der Waals surface area (Å²) in [6.07, 6.45) is 0.337. The van der Waals surface area contributed by atoms with Crippen LogP contribution in [0, 0.1) is 17.4 Å². The molecule has 0 amide bonds. The summed E-state index contributed by atoms with van der Waals surface area (Å²) >= 11 is 1.55. The van der Waals surface area contributed by atoms with E-state index in [0.717, 1.165) is 71.7 Å². The summed E-state index contributed by atoms with van der Waals surface area (Å²) in [6, 6.07) is 58.5. The number of pyridine rings is 1. The van der Waals surface area contributed by atoms with Gasteiger partial charge in [0.2, 0.25) is 0 Å². The fraction of sp³-hybridized carbons (Fsp3) is 0.0833. The second-order valence-electron chi connectivity index (χ2n) is 12.8. The molecule has 3 nitrogen and oxygen atoms in total. The molecule has 6 aromatic carbocycles. The first-order valence-electron chi connectivity index (χ1n) is 18.4. The number of nitrogens with zero attached hydrogens (tertiary/aromatic N) is 3. The van der Waals surface area contributed by atoms with Crippen LogP contribution < -0.4 is 0 Å². The Balaban J connectivity index is 0.000000305. The number of rotatable bonds is 7. The Morgan fingerprint density at radius 3 is 2.06 bits per heavy atom. The number of aromatic nitrogens is 3. The van der Waals surface area contributed by atoms with E-state index in [1.165, 1.54) is 0 Å². The maximum atomic E-state index is 8.78. The normalized spacial score (nSPS) is 11.8. The summed E-state index contributed by atoms with van der Waals surface area (Å²) in [7, 11) is 0. The van der Waals surface area contributed by atoms with Crippen molar-refractivity contribution in [3.8, 4) is 50.6 Å². The van der Waals surface area contributed by atoms with Gasteiger partial charge in [-0.3, -0.25) is 16.3 Å². The van der Waals surface area contributed by atoms with Crippen LogP contribution in [0.3, 0.4) is 0 Å². The minimum absolute atomic E-state index is 0. The summed E-state index contributed by atoms with van der Waals surface area (Å²) in [5.74, 6) is 0.641. The Morgan fingerprint density at radius 1 is 0.717 bits per heavy atom. The molecule has 5 heteroatoms. The average molecular weight is 882 g/mol. The molecule has 0 aliphatic rings. The summed E-state index contributed by atoms with van der Waals surface area (Å²) in [4.78, 5) is 9.44. The Morgan fingerprint density at radius 2 is 1.40 bits per heavy atom. The molecule has 0 saturated heterocycles. The fourth-order valence-electron chi connectivity index (χ4n) is 6.55. The monoisotopic (exact) mass is 882 g/mol. The molecule has 9 aromatic rings. The van der Waals surface area contributed by atoms with Gasteiger partial charge in [-0.15, -0.1) is 47.3 Å². The molecule has 0 aliphatic heterocycles. The number of hydrogen-bond donors (Lipinski definition) is 0. The summed E-state index contributed by atoms with van der Waals surface area (Å²) in [6.45, 7) is 3.85. The third-order valence-corrected chi connectivity index (χ3v) is 9.71. The molecule has 1 radical (unpaired) electrons. The van der Waals surface area contributed by atoms with Crippen LogP contribution in [0.15, 0.2) is 170 Å². The van der Waals surface area contributed by atoms with Crippen molar-refractivity contribution >= 4 is 32.5 Å². The van der Waals surface area contributed by atoms with Crippen LogP contribution in [0.4, 0.5) is 0 Å². The third kappa shape index (κ3) is 7.70. The first-order chi connectivity index (χ1) is 26.4. The fourth-order valence-corrected chi connectivity index (χ4v) is 7.37. The molecule has 0 spiro atoms. The first-order valence-corrected chi connectivity index (χ1v) is 18.3. The zero-order chi connectivity index (χ0) is 37.1. The molecule has 0 aliphatic carbocycles. The van der Waals surface area contributed by atoms with Gasteiger partial charge in [-0.05, 0) is 47.3 Å². The number of para-hydroxylation sites is 3. The van der Waals surface area contributed by atoms with Crippen LogP contribution in [-0.4, -0.2) is 14.5 Å². The predicted molar refractivity (Wildman–Crippen MR) is 219 cm³/mol. The van der Waals surface area contributed by atoms with E-state index in [2.05, 4.69) is 106 Å². The molecule has 0 fully saturated rings. The molecule has 0 atom stereocenters. The quantitative estimate of drug-likeness (QED) is 0.149. The smallest absolute Gasteiger partial charge is 0.0774 e. The van der Waals surface area contributed by atoms with Crippen molar-refractivity contribution < 1.29 is 22.8 Å². The Kier molecular flexibility index (Phi) is 10.4. The largest absolute Gasteiger partial charge is 0.332 e. The Bertz CT molecular complexity index is 2560. The van der Waals surface area contributed by atoms with Gasteiger partial charge in [-0.1, -0.05) is 150 Å². The molecule has 3 aromatic heterocycles. The van der Waals surface area contributed by atoms with Gasteiger partial charge in [0.25, 0.3) is 0 Å². The number of hydrogen-bond acceptors (Lipinski definition) is 3. The number of thiophene rings is 1. The molecular weight excluding hydrogens is 843 g/mol. The van der Waals surface area contributed by atoms with Gasteiger partial charge >= 0.3 is 0 Å². The molecule has 3 heterocycles. The maximum absolute atomic E-state index is 8.78. The van der Waals surface area contributed by atoms with Crippen LogP contribution in [0.5, 0.6) is 0 Å². The SMILES string of the molecule is [2H]C([2H])(c1ccc2s[c-]c(-c3nc4ccccc4n3-c3c(-c4ccccc4)cccc3-c3ccccc3)c2c1)C(C)C.[Ir].[c-]1ccccc1-c1ccccn1. The number of benzene rings is 6. The van der Waals surface area contributed by atoms with Crippen LogP contribution in [-0.2, 0) is 26.5 Å². The van der Waals surface area contributed by atoms with Gasteiger partial charge in [0.05, 0.1) is 22.5 Å². The van der Waals surface area contributed by atoms with Crippen molar-refractivity contribution in [2.75, 3.05) is 0 Å². The van der Waals surface area contributed by atoms with Crippen molar-refractivity contribution in [1.29, 1.82) is 0 Å². The molecule has 0 unspecified atom stereocenters. The average Bonchev–Trinajstić information content (AvgIpc) is 3.83. The van der Waals surface area contributed by atoms with Crippen molar-refractivity contribution in [2.24, 2.45) is 5.92 Å². The van der Waals surface area contributed by atoms with Crippen LogP contribution >= 0.6 is 11.3 Å². The molecular formula is C48H37IrN3S-2. The number of imidazole rings is 1. The second-order valence-corrected chi connectivity index (χ2v) is 13.6. The first kappa shape index (κ1) is 33.4. The van der Waals surface area contributed by atoms with E-state index >= 15 is 0 Å². The van der Waals surface area contributed by atoms with Gasteiger partial charge < -0.3 is 9.55 Å². The molecule has 0 N–H and O–H groups in total.